The zero-order valence-corrected chi connectivity index (χ0v) is 14.2. The molecule has 0 aromatic heterocycles. The molecular formula is C19H23NO4. The molecule has 2 rings (SSSR count). The maximum absolute atomic E-state index is 12.2. The van der Waals surface area contributed by atoms with E-state index in [0.717, 1.165) is 16.3 Å². The second-order valence-corrected chi connectivity index (χ2v) is 6.86. The summed E-state index contributed by atoms with van der Waals surface area (Å²) in [6.07, 6.45) is 0.275. The summed E-state index contributed by atoms with van der Waals surface area (Å²) in [5.41, 5.74) is 6.23. The largest absolute Gasteiger partial charge is 0.481 e. The first kappa shape index (κ1) is 17.9. The van der Waals surface area contributed by atoms with Gasteiger partial charge in [-0.15, -0.1) is 0 Å². The van der Waals surface area contributed by atoms with Crippen LogP contribution in [0.5, 0.6) is 0 Å². The smallest absolute Gasteiger partial charge is 0.322 e. The number of esters is 1. The summed E-state index contributed by atoms with van der Waals surface area (Å²) in [6.45, 7) is 5.08. The SMILES string of the molecule is CC(C)(C)OC(=O)[C@H](C(=O)O)[C@@H](N)Cc1cccc2ccccc12. The van der Waals surface area contributed by atoms with E-state index in [0.29, 0.717) is 0 Å². The highest BCUT2D eigenvalue weighted by Crippen LogP contribution is 2.22. The van der Waals surface area contributed by atoms with Crippen molar-refractivity contribution in [2.24, 2.45) is 11.7 Å². The van der Waals surface area contributed by atoms with Gasteiger partial charge in [0.2, 0.25) is 0 Å². The molecule has 0 bridgehead atoms. The van der Waals surface area contributed by atoms with Gasteiger partial charge in [-0.25, -0.2) is 0 Å². The standard InChI is InChI=1S/C19H23NO4/c1-19(2,3)24-18(23)16(17(21)22)15(20)11-13-9-6-8-12-7-4-5-10-14(12)13/h4-10,15-16H,11,20H2,1-3H3,(H,21,22)/t15-,16-/m0/s1. The average Bonchev–Trinajstić information content (AvgIpc) is 2.45. The fraction of sp³-hybridized carbons (Fsp3) is 0.368. The normalized spacial score (nSPS) is 14.2. The van der Waals surface area contributed by atoms with E-state index in [4.69, 9.17) is 10.5 Å². The molecule has 0 unspecified atom stereocenters. The molecule has 0 aliphatic carbocycles. The van der Waals surface area contributed by atoms with Gasteiger partial charge in [-0.3, -0.25) is 9.59 Å². The van der Waals surface area contributed by atoms with Gasteiger partial charge in [0.05, 0.1) is 0 Å². The van der Waals surface area contributed by atoms with Crippen molar-refractivity contribution in [1.82, 2.24) is 0 Å². The van der Waals surface area contributed by atoms with Crippen LogP contribution in [-0.2, 0) is 20.7 Å². The Labute approximate surface area is 141 Å². The third kappa shape index (κ3) is 4.32. The fourth-order valence-electron chi connectivity index (χ4n) is 2.67. The molecule has 2 aromatic carbocycles. The van der Waals surface area contributed by atoms with Gasteiger partial charge < -0.3 is 15.6 Å². The van der Waals surface area contributed by atoms with E-state index in [-0.39, 0.29) is 6.42 Å². The topological polar surface area (TPSA) is 89.6 Å². The Balaban J connectivity index is 2.26. The molecule has 24 heavy (non-hydrogen) atoms. The number of ether oxygens (including phenoxy) is 1. The Bertz CT molecular complexity index is 743. The molecule has 0 saturated heterocycles. The van der Waals surface area contributed by atoms with Crippen molar-refractivity contribution in [2.45, 2.75) is 38.8 Å². The lowest BCUT2D eigenvalue weighted by Crippen LogP contribution is -2.45. The summed E-state index contributed by atoms with van der Waals surface area (Å²) in [5.74, 6) is -3.47. The molecule has 3 N–H and O–H groups in total. The second-order valence-electron chi connectivity index (χ2n) is 6.86. The number of carbonyl (C=O) groups is 2. The van der Waals surface area contributed by atoms with Crippen molar-refractivity contribution in [3.8, 4) is 0 Å². The van der Waals surface area contributed by atoms with Crippen LogP contribution in [0.3, 0.4) is 0 Å². The molecule has 0 spiro atoms. The number of hydrogen-bond acceptors (Lipinski definition) is 4. The van der Waals surface area contributed by atoms with Gasteiger partial charge in [-0.2, -0.15) is 0 Å². The van der Waals surface area contributed by atoms with Crippen LogP contribution >= 0.6 is 0 Å². The van der Waals surface area contributed by atoms with Crippen LogP contribution in [0.2, 0.25) is 0 Å². The van der Waals surface area contributed by atoms with E-state index in [9.17, 15) is 14.7 Å². The van der Waals surface area contributed by atoms with Gasteiger partial charge in [0.1, 0.15) is 5.60 Å². The molecule has 0 heterocycles. The molecule has 0 aliphatic rings. The monoisotopic (exact) mass is 329 g/mol. The van der Waals surface area contributed by atoms with Crippen LogP contribution in [0.15, 0.2) is 42.5 Å². The number of benzene rings is 2. The Morgan fingerprint density at radius 3 is 2.38 bits per heavy atom. The number of fused-ring (bicyclic) bond motifs is 1. The van der Waals surface area contributed by atoms with Crippen LogP contribution in [-0.4, -0.2) is 28.7 Å². The summed E-state index contributed by atoms with van der Waals surface area (Å²) in [5, 5.41) is 11.5. The maximum Gasteiger partial charge on any atom is 0.322 e. The van der Waals surface area contributed by atoms with Gasteiger partial charge in [0.25, 0.3) is 0 Å². The average molecular weight is 329 g/mol. The minimum Gasteiger partial charge on any atom is -0.481 e. The van der Waals surface area contributed by atoms with E-state index >= 15 is 0 Å². The van der Waals surface area contributed by atoms with Gasteiger partial charge >= 0.3 is 11.9 Å². The predicted octanol–water partition coefficient (Wildman–Crippen LogP) is 2.75. The van der Waals surface area contributed by atoms with Gasteiger partial charge in [0.15, 0.2) is 5.92 Å². The minimum atomic E-state index is -1.40. The van der Waals surface area contributed by atoms with Crippen molar-refractivity contribution in [3.63, 3.8) is 0 Å². The lowest BCUT2D eigenvalue weighted by Gasteiger charge is -2.25. The summed E-state index contributed by atoms with van der Waals surface area (Å²) in [7, 11) is 0. The molecule has 0 saturated carbocycles. The number of nitrogens with two attached hydrogens (primary N) is 1. The molecular weight excluding hydrogens is 306 g/mol. The van der Waals surface area contributed by atoms with E-state index in [1.165, 1.54) is 0 Å². The molecule has 128 valence electrons. The third-order valence-corrected chi connectivity index (χ3v) is 3.69. The first-order valence-corrected chi connectivity index (χ1v) is 7.87. The maximum atomic E-state index is 12.2. The lowest BCUT2D eigenvalue weighted by atomic mass is 9.91. The molecule has 2 atom stereocenters. The number of hydrogen-bond donors (Lipinski definition) is 2. The Kier molecular flexibility index (Phi) is 5.24. The van der Waals surface area contributed by atoms with Crippen LogP contribution < -0.4 is 5.73 Å². The quantitative estimate of drug-likeness (QED) is 0.650. The highest BCUT2D eigenvalue weighted by molar-refractivity contribution is 5.95. The van der Waals surface area contributed by atoms with E-state index in [1.54, 1.807) is 20.8 Å². The molecule has 2 aromatic rings. The summed E-state index contributed by atoms with van der Waals surface area (Å²) >= 11 is 0. The highest BCUT2D eigenvalue weighted by atomic mass is 16.6. The molecule has 0 radical (unpaired) electrons. The molecule has 5 nitrogen and oxygen atoms in total. The summed E-state index contributed by atoms with van der Waals surface area (Å²) in [6, 6.07) is 12.7. The van der Waals surface area contributed by atoms with Crippen molar-refractivity contribution >= 4 is 22.7 Å². The first-order valence-electron chi connectivity index (χ1n) is 7.87. The van der Waals surface area contributed by atoms with Crippen molar-refractivity contribution in [3.05, 3.63) is 48.0 Å². The second kappa shape index (κ2) is 7.01. The Morgan fingerprint density at radius 1 is 1.12 bits per heavy atom. The van der Waals surface area contributed by atoms with Crippen LogP contribution in [0, 0.1) is 5.92 Å². The number of carboxylic acids is 1. The predicted molar refractivity (Wildman–Crippen MR) is 92.6 cm³/mol. The lowest BCUT2D eigenvalue weighted by molar-refractivity contribution is -0.167. The van der Waals surface area contributed by atoms with E-state index < -0.39 is 29.5 Å². The summed E-state index contributed by atoms with van der Waals surface area (Å²) < 4.78 is 5.21. The molecule has 0 aliphatic heterocycles. The zero-order valence-electron chi connectivity index (χ0n) is 14.2. The highest BCUT2D eigenvalue weighted by Gasteiger charge is 2.36. The van der Waals surface area contributed by atoms with Crippen LogP contribution in [0.4, 0.5) is 0 Å². The Hall–Kier alpha value is -2.40. The van der Waals surface area contributed by atoms with Crippen molar-refractivity contribution in [2.75, 3.05) is 0 Å². The van der Waals surface area contributed by atoms with Crippen molar-refractivity contribution < 1.29 is 19.4 Å². The third-order valence-electron chi connectivity index (χ3n) is 3.69. The van der Waals surface area contributed by atoms with E-state index in [2.05, 4.69) is 0 Å². The number of aliphatic carboxylic acids is 1. The van der Waals surface area contributed by atoms with E-state index in [1.807, 2.05) is 42.5 Å². The fourth-order valence-corrected chi connectivity index (χ4v) is 2.67. The van der Waals surface area contributed by atoms with Gasteiger partial charge in [0, 0.05) is 6.04 Å². The van der Waals surface area contributed by atoms with Gasteiger partial charge in [-0.05, 0) is 43.5 Å². The molecule has 0 fully saturated rings. The zero-order chi connectivity index (χ0) is 17.9. The number of carbonyl (C=O) groups excluding carboxylic acids is 1. The van der Waals surface area contributed by atoms with Crippen LogP contribution in [0.25, 0.3) is 10.8 Å². The molecule has 0 amide bonds. The van der Waals surface area contributed by atoms with Crippen LogP contribution in [0.1, 0.15) is 26.3 Å². The minimum absolute atomic E-state index is 0.275. The number of rotatable bonds is 5. The van der Waals surface area contributed by atoms with Crippen molar-refractivity contribution in [1.29, 1.82) is 0 Å². The first-order chi connectivity index (χ1) is 11.2. The Morgan fingerprint density at radius 2 is 1.75 bits per heavy atom. The number of carboxylic acid groups (broad SMARTS) is 1. The molecule has 5 heteroatoms. The summed E-state index contributed by atoms with van der Waals surface area (Å²) in [4.78, 5) is 23.8. The van der Waals surface area contributed by atoms with Gasteiger partial charge in [-0.1, -0.05) is 42.5 Å².